The SMILES string of the molecule is Cc1ccc(N/C=C(/C#N)C(=O)NC(C)c2ccc3c(c2)CCCC3)c(Br)c1. The molecule has 3 rings (SSSR count). The number of hydrogen-bond acceptors (Lipinski definition) is 3. The quantitative estimate of drug-likeness (QED) is 0.490. The number of amides is 1. The smallest absolute Gasteiger partial charge is 0.263 e. The van der Waals surface area contributed by atoms with Gasteiger partial charge in [-0.15, -0.1) is 0 Å². The Morgan fingerprint density at radius 3 is 2.64 bits per heavy atom. The summed E-state index contributed by atoms with van der Waals surface area (Å²) in [5, 5.41) is 15.4. The van der Waals surface area contributed by atoms with E-state index in [0.717, 1.165) is 34.1 Å². The lowest BCUT2D eigenvalue weighted by atomic mass is 9.89. The van der Waals surface area contributed by atoms with Crippen molar-refractivity contribution in [1.82, 2.24) is 5.32 Å². The molecule has 0 saturated heterocycles. The Balaban J connectivity index is 1.68. The molecule has 0 saturated carbocycles. The van der Waals surface area contributed by atoms with Gasteiger partial charge in [0.25, 0.3) is 5.91 Å². The van der Waals surface area contributed by atoms with E-state index < -0.39 is 0 Å². The highest BCUT2D eigenvalue weighted by Gasteiger charge is 2.16. The molecule has 1 atom stereocenters. The summed E-state index contributed by atoms with van der Waals surface area (Å²) in [4.78, 5) is 12.6. The van der Waals surface area contributed by atoms with Crippen LogP contribution in [0, 0.1) is 18.3 Å². The number of fused-ring (bicyclic) bond motifs is 1. The van der Waals surface area contributed by atoms with Crippen LogP contribution in [0.1, 0.15) is 48.1 Å². The normalized spacial score (nSPS) is 14.6. The molecule has 144 valence electrons. The zero-order valence-corrected chi connectivity index (χ0v) is 17.8. The molecule has 4 nitrogen and oxygen atoms in total. The van der Waals surface area contributed by atoms with E-state index in [9.17, 15) is 10.1 Å². The molecule has 2 aromatic rings. The molecule has 2 N–H and O–H groups in total. The summed E-state index contributed by atoms with van der Waals surface area (Å²) in [5.74, 6) is -0.386. The minimum atomic E-state index is -0.386. The third-order valence-corrected chi connectivity index (χ3v) is 5.74. The standard InChI is InChI=1S/C23H24BrN3O/c1-15-7-10-22(21(24)11-15)26-14-20(13-25)23(28)27-16(2)18-9-8-17-5-3-4-6-19(17)12-18/h7-12,14,16,26H,3-6H2,1-2H3,(H,27,28)/b20-14-. The Hall–Kier alpha value is -2.58. The van der Waals surface area contributed by atoms with Gasteiger partial charge in [-0.2, -0.15) is 5.26 Å². The van der Waals surface area contributed by atoms with Crippen LogP contribution in [-0.2, 0) is 17.6 Å². The van der Waals surface area contributed by atoms with Gasteiger partial charge < -0.3 is 10.6 Å². The molecule has 1 unspecified atom stereocenters. The number of carbonyl (C=O) groups is 1. The molecule has 0 aromatic heterocycles. The van der Waals surface area contributed by atoms with E-state index in [-0.39, 0.29) is 17.5 Å². The van der Waals surface area contributed by atoms with Crippen molar-refractivity contribution in [2.75, 3.05) is 5.32 Å². The third-order valence-electron chi connectivity index (χ3n) is 5.08. The molecule has 5 heteroatoms. The van der Waals surface area contributed by atoms with Crippen molar-refractivity contribution in [1.29, 1.82) is 5.26 Å². The minimum Gasteiger partial charge on any atom is -0.359 e. The maximum absolute atomic E-state index is 12.6. The van der Waals surface area contributed by atoms with Crippen LogP contribution in [0.3, 0.4) is 0 Å². The first kappa shape index (κ1) is 20.2. The Morgan fingerprint density at radius 2 is 1.93 bits per heavy atom. The van der Waals surface area contributed by atoms with Gasteiger partial charge in [0.2, 0.25) is 0 Å². The van der Waals surface area contributed by atoms with Crippen LogP contribution in [-0.4, -0.2) is 5.91 Å². The number of carbonyl (C=O) groups excluding carboxylic acids is 1. The zero-order valence-electron chi connectivity index (χ0n) is 16.2. The van der Waals surface area contributed by atoms with Gasteiger partial charge in [0.1, 0.15) is 11.6 Å². The van der Waals surface area contributed by atoms with E-state index in [4.69, 9.17) is 0 Å². The number of nitrogens with one attached hydrogen (secondary N) is 2. The first-order chi connectivity index (χ1) is 13.5. The van der Waals surface area contributed by atoms with E-state index in [0.29, 0.717) is 0 Å². The molecule has 0 radical (unpaired) electrons. The lowest BCUT2D eigenvalue weighted by Gasteiger charge is -2.20. The molecule has 28 heavy (non-hydrogen) atoms. The highest BCUT2D eigenvalue weighted by atomic mass is 79.9. The number of hydrogen-bond donors (Lipinski definition) is 2. The Kier molecular flexibility index (Phi) is 6.53. The van der Waals surface area contributed by atoms with E-state index in [2.05, 4.69) is 44.8 Å². The summed E-state index contributed by atoms with van der Waals surface area (Å²) in [6, 6.07) is 14.1. The average molecular weight is 438 g/mol. The van der Waals surface area contributed by atoms with Gasteiger partial charge >= 0.3 is 0 Å². The van der Waals surface area contributed by atoms with Crippen molar-refractivity contribution in [2.45, 2.75) is 45.6 Å². The highest BCUT2D eigenvalue weighted by molar-refractivity contribution is 9.10. The van der Waals surface area contributed by atoms with Crippen LogP contribution in [0.4, 0.5) is 5.69 Å². The van der Waals surface area contributed by atoms with Crippen LogP contribution in [0.2, 0.25) is 0 Å². The van der Waals surface area contributed by atoms with Gasteiger partial charge in [-0.25, -0.2) is 0 Å². The molecular weight excluding hydrogens is 414 g/mol. The fourth-order valence-electron chi connectivity index (χ4n) is 3.42. The number of halogens is 1. The molecular formula is C23H24BrN3O. The third kappa shape index (κ3) is 4.82. The van der Waals surface area contributed by atoms with Crippen LogP contribution >= 0.6 is 15.9 Å². The molecule has 0 bridgehead atoms. The second-order valence-electron chi connectivity index (χ2n) is 7.23. The Bertz CT molecular complexity index is 959. The highest BCUT2D eigenvalue weighted by Crippen LogP contribution is 2.25. The summed E-state index contributed by atoms with van der Waals surface area (Å²) < 4.78 is 0.879. The summed E-state index contributed by atoms with van der Waals surface area (Å²) >= 11 is 3.48. The number of rotatable bonds is 5. The van der Waals surface area contributed by atoms with Gasteiger partial charge in [0, 0.05) is 10.7 Å². The van der Waals surface area contributed by atoms with Gasteiger partial charge in [0.15, 0.2) is 0 Å². The van der Waals surface area contributed by atoms with Crippen LogP contribution in [0.5, 0.6) is 0 Å². The lowest BCUT2D eigenvalue weighted by molar-refractivity contribution is -0.117. The topological polar surface area (TPSA) is 64.9 Å². The molecule has 2 aromatic carbocycles. The minimum absolute atomic E-state index is 0.0392. The van der Waals surface area contributed by atoms with Crippen LogP contribution < -0.4 is 10.6 Å². The predicted molar refractivity (Wildman–Crippen MR) is 116 cm³/mol. The van der Waals surface area contributed by atoms with Crippen LogP contribution in [0.25, 0.3) is 0 Å². The number of anilines is 1. The van der Waals surface area contributed by atoms with Gasteiger partial charge in [-0.3, -0.25) is 4.79 Å². The molecule has 0 aliphatic heterocycles. The van der Waals surface area contributed by atoms with E-state index >= 15 is 0 Å². The molecule has 0 fully saturated rings. The van der Waals surface area contributed by atoms with Gasteiger partial charge in [-0.05, 0) is 89.8 Å². The van der Waals surface area contributed by atoms with Gasteiger partial charge in [-0.1, -0.05) is 24.3 Å². The summed E-state index contributed by atoms with van der Waals surface area (Å²) in [6.45, 7) is 3.95. The lowest BCUT2D eigenvalue weighted by Crippen LogP contribution is -2.28. The maximum Gasteiger partial charge on any atom is 0.263 e. The van der Waals surface area contributed by atoms with E-state index in [1.807, 2.05) is 38.1 Å². The number of nitriles is 1. The number of aryl methyl sites for hydroxylation is 3. The van der Waals surface area contributed by atoms with Crippen molar-refractivity contribution in [3.8, 4) is 6.07 Å². The van der Waals surface area contributed by atoms with E-state index in [1.54, 1.807) is 0 Å². The number of benzene rings is 2. The van der Waals surface area contributed by atoms with Crippen molar-refractivity contribution in [2.24, 2.45) is 0 Å². The monoisotopic (exact) mass is 437 g/mol. The molecule has 0 heterocycles. The predicted octanol–water partition coefficient (Wildman–Crippen LogP) is 5.33. The summed E-state index contributed by atoms with van der Waals surface area (Å²) in [6.07, 6.45) is 6.16. The second-order valence-corrected chi connectivity index (χ2v) is 8.08. The zero-order chi connectivity index (χ0) is 20.1. The van der Waals surface area contributed by atoms with Crippen molar-refractivity contribution >= 4 is 27.5 Å². The Morgan fingerprint density at radius 1 is 1.18 bits per heavy atom. The van der Waals surface area contributed by atoms with Crippen LogP contribution in [0.15, 0.2) is 52.6 Å². The largest absolute Gasteiger partial charge is 0.359 e. The van der Waals surface area contributed by atoms with Crippen molar-refractivity contribution in [3.05, 3.63) is 74.9 Å². The summed E-state index contributed by atoms with van der Waals surface area (Å²) in [5.41, 5.74) is 5.83. The van der Waals surface area contributed by atoms with Crippen molar-refractivity contribution < 1.29 is 4.79 Å². The molecule has 1 amide bonds. The first-order valence-electron chi connectivity index (χ1n) is 9.53. The average Bonchev–Trinajstić information content (AvgIpc) is 2.69. The fraction of sp³-hybridized carbons (Fsp3) is 0.304. The van der Waals surface area contributed by atoms with Crippen molar-refractivity contribution in [3.63, 3.8) is 0 Å². The fourth-order valence-corrected chi connectivity index (χ4v) is 4.02. The first-order valence-corrected chi connectivity index (χ1v) is 10.3. The van der Waals surface area contributed by atoms with E-state index in [1.165, 1.54) is 30.2 Å². The Labute approximate surface area is 174 Å². The maximum atomic E-state index is 12.6. The molecule has 0 spiro atoms. The number of nitrogens with zero attached hydrogens (tertiary/aromatic N) is 1. The molecule has 1 aliphatic carbocycles. The molecule has 1 aliphatic rings. The van der Waals surface area contributed by atoms with Gasteiger partial charge in [0.05, 0.1) is 11.7 Å². The summed E-state index contributed by atoms with van der Waals surface area (Å²) in [7, 11) is 0. The second kappa shape index (κ2) is 9.07.